The zero-order valence-corrected chi connectivity index (χ0v) is 24.9. The standard InChI is InChI=1S/C32H40O10/c1-15-10-20(41-30(37)23(15)14-38-16(2)33)11-19-6-7-24-21-12-28-32(42-28)26(39-17(3)34)9-8-25(36)29(32)22(21)13-27(31(19,24)5)40-18(4)35/h8-9,19-22,24,26-29H,6-7,10-14H2,1-5H3/t19?,20?,21?,22?,24?,26-,27?,28?,29?,31?,32?/m1/s1. The van der Waals surface area contributed by atoms with Crippen LogP contribution in [0.2, 0.25) is 0 Å². The van der Waals surface area contributed by atoms with Crippen LogP contribution >= 0.6 is 0 Å². The van der Waals surface area contributed by atoms with Crippen molar-refractivity contribution in [2.45, 2.75) is 103 Å². The van der Waals surface area contributed by atoms with E-state index in [0.29, 0.717) is 24.8 Å². The number of allylic oxidation sites excluding steroid dienone is 1. The highest BCUT2D eigenvalue weighted by Gasteiger charge is 2.77. The molecule has 10 unspecified atom stereocenters. The Balaban J connectivity index is 1.26. The fraction of sp³-hybridized carbons (Fsp3) is 0.719. The van der Waals surface area contributed by atoms with Crippen LogP contribution in [0.1, 0.15) is 73.1 Å². The molecule has 11 atom stereocenters. The van der Waals surface area contributed by atoms with Crippen LogP contribution in [0.15, 0.2) is 23.3 Å². The predicted octanol–water partition coefficient (Wildman–Crippen LogP) is 3.40. The second kappa shape index (κ2) is 10.3. The van der Waals surface area contributed by atoms with E-state index < -0.39 is 41.6 Å². The second-order valence-electron chi connectivity index (χ2n) is 13.4. The first-order chi connectivity index (χ1) is 19.9. The first kappa shape index (κ1) is 29.1. The van der Waals surface area contributed by atoms with Crippen molar-refractivity contribution in [3.8, 4) is 0 Å². The lowest BCUT2D eigenvalue weighted by Gasteiger charge is -2.56. The molecule has 0 bridgehead atoms. The molecule has 0 N–H and O–H groups in total. The number of esters is 4. The van der Waals surface area contributed by atoms with E-state index in [2.05, 4.69) is 6.92 Å². The Morgan fingerprint density at radius 3 is 2.40 bits per heavy atom. The molecule has 10 heteroatoms. The molecule has 1 saturated heterocycles. The predicted molar refractivity (Wildman–Crippen MR) is 145 cm³/mol. The Kier molecular flexibility index (Phi) is 7.14. The van der Waals surface area contributed by atoms with Gasteiger partial charge in [0.1, 0.15) is 24.4 Å². The van der Waals surface area contributed by atoms with Crippen molar-refractivity contribution >= 4 is 29.7 Å². The molecule has 1 spiro atoms. The molecule has 3 saturated carbocycles. The Labute approximate surface area is 245 Å². The van der Waals surface area contributed by atoms with Gasteiger partial charge in [-0.25, -0.2) is 4.79 Å². The smallest absolute Gasteiger partial charge is 0.337 e. The maximum absolute atomic E-state index is 13.5. The summed E-state index contributed by atoms with van der Waals surface area (Å²) in [6.45, 7) is 8.08. The number of ketones is 1. The molecule has 6 rings (SSSR count). The average Bonchev–Trinajstić information content (AvgIpc) is 3.51. The molecule has 228 valence electrons. The van der Waals surface area contributed by atoms with E-state index in [0.717, 1.165) is 24.8 Å². The van der Waals surface area contributed by atoms with E-state index in [1.807, 2.05) is 6.92 Å². The van der Waals surface area contributed by atoms with E-state index in [9.17, 15) is 24.0 Å². The lowest BCUT2D eigenvalue weighted by molar-refractivity contribution is -0.181. The number of carbonyl (C=O) groups excluding carboxylic acids is 5. The minimum absolute atomic E-state index is 0.0173. The van der Waals surface area contributed by atoms with Crippen molar-refractivity contribution in [1.29, 1.82) is 0 Å². The topological polar surface area (TPSA) is 135 Å². The van der Waals surface area contributed by atoms with Crippen LogP contribution < -0.4 is 0 Å². The van der Waals surface area contributed by atoms with Crippen LogP contribution in [0, 0.1) is 35.0 Å². The lowest BCUT2D eigenvalue weighted by atomic mass is 9.48. The van der Waals surface area contributed by atoms with Gasteiger partial charge in [-0.15, -0.1) is 0 Å². The fourth-order valence-electron chi connectivity index (χ4n) is 9.54. The van der Waals surface area contributed by atoms with E-state index >= 15 is 0 Å². The lowest BCUT2D eigenvalue weighted by Crippen LogP contribution is -2.61. The van der Waals surface area contributed by atoms with Crippen molar-refractivity contribution in [2.75, 3.05) is 6.61 Å². The number of cyclic esters (lactones) is 1. The number of hydrogen-bond acceptors (Lipinski definition) is 10. The highest BCUT2D eigenvalue weighted by molar-refractivity contribution is 5.95. The van der Waals surface area contributed by atoms with Gasteiger partial charge in [0.15, 0.2) is 11.9 Å². The molecule has 42 heavy (non-hydrogen) atoms. The maximum atomic E-state index is 13.5. The molecule has 4 aliphatic carbocycles. The number of fused-ring (bicyclic) bond motifs is 4. The van der Waals surface area contributed by atoms with Crippen LogP contribution in [0.25, 0.3) is 0 Å². The Bertz CT molecular complexity index is 1280. The Morgan fingerprint density at radius 2 is 1.74 bits per heavy atom. The van der Waals surface area contributed by atoms with Gasteiger partial charge in [0.05, 0.1) is 17.6 Å². The zero-order chi connectivity index (χ0) is 30.1. The van der Waals surface area contributed by atoms with Gasteiger partial charge in [-0.3, -0.25) is 19.2 Å². The fourth-order valence-corrected chi connectivity index (χ4v) is 9.54. The van der Waals surface area contributed by atoms with Crippen LogP contribution in [0.5, 0.6) is 0 Å². The van der Waals surface area contributed by atoms with Crippen molar-refractivity contribution in [3.05, 3.63) is 23.3 Å². The van der Waals surface area contributed by atoms with Crippen molar-refractivity contribution < 1.29 is 47.7 Å². The summed E-state index contributed by atoms with van der Waals surface area (Å²) in [5.74, 6) is -1.71. The highest BCUT2D eigenvalue weighted by atomic mass is 16.7. The van der Waals surface area contributed by atoms with Gasteiger partial charge in [-0.05, 0) is 74.9 Å². The monoisotopic (exact) mass is 584 g/mol. The maximum Gasteiger partial charge on any atom is 0.337 e. The largest absolute Gasteiger partial charge is 0.462 e. The van der Waals surface area contributed by atoms with E-state index in [1.54, 1.807) is 6.08 Å². The first-order valence-corrected chi connectivity index (χ1v) is 15.1. The molecule has 0 radical (unpaired) electrons. The Morgan fingerprint density at radius 1 is 1.00 bits per heavy atom. The van der Waals surface area contributed by atoms with Crippen LogP contribution in [-0.4, -0.2) is 66.3 Å². The van der Waals surface area contributed by atoms with Gasteiger partial charge in [0.25, 0.3) is 0 Å². The highest BCUT2D eigenvalue weighted by Crippen LogP contribution is 2.69. The van der Waals surface area contributed by atoms with Gasteiger partial charge >= 0.3 is 23.9 Å². The molecular weight excluding hydrogens is 544 g/mol. The molecule has 0 aromatic rings. The molecule has 0 amide bonds. The van der Waals surface area contributed by atoms with Gasteiger partial charge in [-0.2, -0.15) is 0 Å². The summed E-state index contributed by atoms with van der Waals surface area (Å²) >= 11 is 0. The SMILES string of the molecule is CC(=O)OCC1=C(C)CC(CC2CCC3C4CC5OC56C(C(=O)C=C[C@H]6OC(C)=O)C4CC(OC(C)=O)C23C)OC1=O. The first-order valence-electron chi connectivity index (χ1n) is 15.1. The molecule has 2 aliphatic heterocycles. The normalized spacial score (nSPS) is 43.3. The number of ether oxygens (including phenoxy) is 5. The minimum Gasteiger partial charge on any atom is -0.462 e. The molecule has 2 heterocycles. The third-order valence-corrected chi connectivity index (χ3v) is 11.3. The molecule has 4 fully saturated rings. The molecule has 6 aliphatic rings. The molecule has 0 aromatic carbocycles. The van der Waals surface area contributed by atoms with Crippen molar-refractivity contribution in [3.63, 3.8) is 0 Å². The summed E-state index contributed by atoms with van der Waals surface area (Å²) < 4.78 is 28.9. The third-order valence-electron chi connectivity index (χ3n) is 11.3. The number of hydrogen-bond donors (Lipinski definition) is 0. The van der Waals surface area contributed by atoms with E-state index in [4.69, 9.17) is 23.7 Å². The van der Waals surface area contributed by atoms with E-state index in [1.165, 1.54) is 26.8 Å². The summed E-state index contributed by atoms with van der Waals surface area (Å²) in [4.78, 5) is 61.9. The summed E-state index contributed by atoms with van der Waals surface area (Å²) in [6, 6.07) is 0. The number of epoxide rings is 1. The average molecular weight is 585 g/mol. The van der Waals surface area contributed by atoms with Gasteiger partial charge in [-0.1, -0.05) is 12.5 Å². The molecule has 0 aromatic heterocycles. The summed E-state index contributed by atoms with van der Waals surface area (Å²) in [7, 11) is 0. The summed E-state index contributed by atoms with van der Waals surface area (Å²) in [6.07, 6.45) is 5.96. The Hall–Kier alpha value is -3.01. The molecular formula is C32H40O10. The van der Waals surface area contributed by atoms with Crippen LogP contribution in [-0.2, 0) is 47.7 Å². The van der Waals surface area contributed by atoms with Gasteiger partial charge < -0.3 is 23.7 Å². The van der Waals surface area contributed by atoms with Crippen LogP contribution in [0.3, 0.4) is 0 Å². The van der Waals surface area contributed by atoms with Crippen molar-refractivity contribution in [1.82, 2.24) is 0 Å². The summed E-state index contributed by atoms with van der Waals surface area (Å²) in [5.41, 5.74) is 0.0451. The second-order valence-corrected chi connectivity index (χ2v) is 13.4. The van der Waals surface area contributed by atoms with E-state index in [-0.39, 0.29) is 59.7 Å². The number of rotatable bonds is 6. The summed E-state index contributed by atoms with van der Waals surface area (Å²) in [5, 5.41) is 0. The third kappa shape index (κ3) is 4.52. The number of carbonyl (C=O) groups is 5. The zero-order valence-electron chi connectivity index (χ0n) is 24.9. The van der Waals surface area contributed by atoms with Crippen LogP contribution in [0.4, 0.5) is 0 Å². The quantitative estimate of drug-likeness (QED) is 0.260. The minimum atomic E-state index is -0.838. The molecule has 10 nitrogen and oxygen atoms in total. The van der Waals surface area contributed by atoms with Gasteiger partial charge in [0, 0.05) is 32.6 Å². The van der Waals surface area contributed by atoms with Crippen molar-refractivity contribution in [2.24, 2.45) is 35.0 Å². The van der Waals surface area contributed by atoms with Gasteiger partial charge in [0.2, 0.25) is 0 Å².